The molecule has 0 aromatic rings. The Bertz CT molecular complexity index is 397. The summed E-state index contributed by atoms with van der Waals surface area (Å²) < 4.78 is 28.8. The third kappa shape index (κ3) is 3.19. The van der Waals surface area contributed by atoms with E-state index in [-0.39, 0.29) is 24.9 Å². The highest BCUT2D eigenvalue weighted by Gasteiger charge is 2.31. The fourth-order valence-corrected chi connectivity index (χ4v) is 3.03. The molecule has 104 valence electrons. The van der Waals surface area contributed by atoms with Gasteiger partial charge in [0.25, 0.3) is 10.2 Å². The number of hydrogen-bond acceptors (Lipinski definition) is 4. The Kier molecular flexibility index (Phi) is 4.21. The van der Waals surface area contributed by atoms with Gasteiger partial charge in [-0.25, -0.2) is 5.14 Å². The smallest absolute Gasteiger partial charge is 0.277 e. The number of rotatable bonds is 2. The van der Waals surface area contributed by atoms with Gasteiger partial charge in [-0.3, -0.25) is 4.79 Å². The summed E-state index contributed by atoms with van der Waals surface area (Å²) in [6.45, 7) is 2.57. The second-order valence-electron chi connectivity index (χ2n) is 4.68. The van der Waals surface area contributed by atoms with Gasteiger partial charge in [0.15, 0.2) is 0 Å². The molecule has 2 aliphatic heterocycles. The summed E-state index contributed by atoms with van der Waals surface area (Å²) in [5, 5.41) is 5.05. The zero-order chi connectivity index (χ0) is 13.2. The molecule has 2 heterocycles. The van der Waals surface area contributed by atoms with Crippen LogP contribution in [0.3, 0.4) is 0 Å². The molecular formula is C10H19N3O4S. The second kappa shape index (κ2) is 5.52. The summed E-state index contributed by atoms with van der Waals surface area (Å²) in [4.78, 5) is 13.9. The number of hydrogen-bond donors (Lipinski definition) is 1. The number of amides is 1. The van der Waals surface area contributed by atoms with Crippen molar-refractivity contribution in [3.8, 4) is 0 Å². The van der Waals surface area contributed by atoms with E-state index in [4.69, 9.17) is 9.88 Å². The molecule has 0 aromatic heterocycles. The molecule has 2 saturated heterocycles. The van der Waals surface area contributed by atoms with E-state index < -0.39 is 10.2 Å². The van der Waals surface area contributed by atoms with Crippen LogP contribution in [0.4, 0.5) is 0 Å². The number of nitrogens with zero attached hydrogens (tertiary/aromatic N) is 2. The average Bonchev–Trinajstić information content (AvgIpc) is 2.38. The van der Waals surface area contributed by atoms with Gasteiger partial charge < -0.3 is 9.64 Å². The highest BCUT2D eigenvalue weighted by Crippen LogP contribution is 2.17. The fraction of sp³-hybridized carbons (Fsp3) is 0.900. The Morgan fingerprint density at radius 1 is 1.22 bits per heavy atom. The maximum Gasteiger partial charge on any atom is 0.277 e. The van der Waals surface area contributed by atoms with Gasteiger partial charge >= 0.3 is 0 Å². The van der Waals surface area contributed by atoms with Crippen LogP contribution in [-0.2, 0) is 19.7 Å². The van der Waals surface area contributed by atoms with E-state index in [2.05, 4.69) is 0 Å². The fourth-order valence-electron chi connectivity index (χ4n) is 2.36. The van der Waals surface area contributed by atoms with Gasteiger partial charge in [-0.05, 0) is 12.8 Å². The zero-order valence-corrected chi connectivity index (χ0v) is 11.1. The molecule has 1 amide bonds. The number of carbonyl (C=O) groups excluding carboxylic acids is 1. The van der Waals surface area contributed by atoms with Crippen molar-refractivity contribution in [3.05, 3.63) is 0 Å². The predicted octanol–water partition coefficient (Wildman–Crippen LogP) is -1.24. The van der Waals surface area contributed by atoms with Crippen LogP contribution < -0.4 is 5.14 Å². The molecule has 0 spiro atoms. The summed E-state index contributed by atoms with van der Waals surface area (Å²) in [5.74, 6) is 0.00329. The summed E-state index contributed by atoms with van der Waals surface area (Å²) in [7, 11) is -3.63. The molecule has 0 bridgehead atoms. The molecular weight excluding hydrogens is 258 g/mol. The zero-order valence-electron chi connectivity index (χ0n) is 10.2. The van der Waals surface area contributed by atoms with Gasteiger partial charge in [-0.1, -0.05) is 0 Å². The third-order valence-corrected chi connectivity index (χ3v) is 4.50. The quantitative estimate of drug-likeness (QED) is 0.683. The van der Waals surface area contributed by atoms with E-state index in [9.17, 15) is 13.2 Å². The molecule has 0 radical (unpaired) electrons. The van der Waals surface area contributed by atoms with E-state index in [1.165, 1.54) is 4.31 Å². The van der Waals surface area contributed by atoms with Crippen molar-refractivity contribution in [3.63, 3.8) is 0 Å². The van der Waals surface area contributed by atoms with Crippen LogP contribution >= 0.6 is 0 Å². The number of piperazine rings is 1. The molecule has 1 unspecified atom stereocenters. The average molecular weight is 277 g/mol. The van der Waals surface area contributed by atoms with Crippen LogP contribution in [0.25, 0.3) is 0 Å². The molecule has 8 heteroatoms. The summed E-state index contributed by atoms with van der Waals surface area (Å²) in [6.07, 6.45) is 1.77. The first-order valence-corrected chi connectivity index (χ1v) is 7.63. The van der Waals surface area contributed by atoms with Gasteiger partial charge in [0.2, 0.25) is 5.91 Å². The summed E-state index contributed by atoms with van der Waals surface area (Å²) in [6, 6.07) is 0. The minimum Gasteiger partial charge on any atom is -0.381 e. The van der Waals surface area contributed by atoms with Gasteiger partial charge in [0.1, 0.15) is 0 Å². The third-order valence-electron chi connectivity index (χ3n) is 3.42. The standard InChI is InChI=1S/C10H19N3O4S/c11-18(15,16)13-5-3-12(4-6-13)10(14)9-2-1-7-17-8-9/h9H,1-8H2,(H2,11,15,16). The molecule has 18 heavy (non-hydrogen) atoms. The van der Waals surface area contributed by atoms with Gasteiger partial charge in [-0.2, -0.15) is 12.7 Å². The first kappa shape index (κ1) is 13.7. The largest absolute Gasteiger partial charge is 0.381 e. The maximum atomic E-state index is 12.2. The normalized spacial score (nSPS) is 27.2. The summed E-state index contributed by atoms with van der Waals surface area (Å²) >= 11 is 0. The Morgan fingerprint density at radius 2 is 1.89 bits per heavy atom. The SMILES string of the molecule is NS(=O)(=O)N1CCN(C(=O)C2CCCOC2)CC1. The van der Waals surface area contributed by atoms with E-state index >= 15 is 0 Å². The minimum atomic E-state index is -3.63. The van der Waals surface area contributed by atoms with Crippen LogP contribution in [0.2, 0.25) is 0 Å². The predicted molar refractivity (Wildman–Crippen MR) is 64.8 cm³/mol. The number of nitrogens with two attached hydrogens (primary N) is 1. The number of carbonyl (C=O) groups is 1. The lowest BCUT2D eigenvalue weighted by Crippen LogP contribution is -2.53. The topological polar surface area (TPSA) is 92.9 Å². The van der Waals surface area contributed by atoms with Crippen molar-refractivity contribution in [1.29, 1.82) is 0 Å². The Balaban J connectivity index is 1.87. The molecule has 0 saturated carbocycles. The highest BCUT2D eigenvalue weighted by molar-refractivity contribution is 7.86. The van der Waals surface area contributed by atoms with Gasteiger partial charge in [0.05, 0.1) is 12.5 Å². The lowest BCUT2D eigenvalue weighted by atomic mass is 10.0. The molecule has 0 aromatic carbocycles. The van der Waals surface area contributed by atoms with Crippen molar-refractivity contribution in [1.82, 2.24) is 9.21 Å². The molecule has 0 aliphatic carbocycles. The molecule has 2 N–H and O–H groups in total. The van der Waals surface area contributed by atoms with Crippen LogP contribution in [0.1, 0.15) is 12.8 Å². The van der Waals surface area contributed by atoms with Crippen LogP contribution in [0.15, 0.2) is 0 Å². The van der Waals surface area contributed by atoms with Crippen molar-refractivity contribution in [2.45, 2.75) is 12.8 Å². The monoisotopic (exact) mass is 277 g/mol. The van der Waals surface area contributed by atoms with E-state index in [1.807, 2.05) is 0 Å². The lowest BCUT2D eigenvalue weighted by molar-refractivity contribution is -0.140. The maximum absolute atomic E-state index is 12.2. The molecule has 1 atom stereocenters. The number of ether oxygens (including phenoxy) is 1. The second-order valence-corrected chi connectivity index (χ2v) is 6.23. The molecule has 2 aliphatic rings. The van der Waals surface area contributed by atoms with Crippen molar-refractivity contribution >= 4 is 16.1 Å². The molecule has 2 fully saturated rings. The van der Waals surface area contributed by atoms with Crippen molar-refractivity contribution in [2.24, 2.45) is 11.1 Å². The molecule has 2 rings (SSSR count). The van der Waals surface area contributed by atoms with E-state index in [0.717, 1.165) is 19.4 Å². The van der Waals surface area contributed by atoms with Gasteiger partial charge in [0, 0.05) is 32.8 Å². The van der Waals surface area contributed by atoms with Crippen LogP contribution in [-0.4, -0.2) is 62.9 Å². The Morgan fingerprint density at radius 3 is 2.39 bits per heavy atom. The van der Waals surface area contributed by atoms with Crippen LogP contribution in [0.5, 0.6) is 0 Å². The summed E-state index contributed by atoms with van der Waals surface area (Å²) in [5.41, 5.74) is 0. The minimum absolute atomic E-state index is 0.0696. The van der Waals surface area contributed by atoms with Gasteiger partial charge in [-0.15, -0.1) is 0 Å². The van der Waals surface area contributed by atoms with E-state index in [0.29, 0.717) is 19.7 Å². The van der Waals surface area contributed by atoms with Crippen molar-refractivity contribution < 1.29 is 17.9 Å². The van der Waals surface area contributed by atoms with Crippen molar-refractivity contribution in [2.75, 3.05) is 39.4 Å². The Labute approximate surface area is 107 Å². The van der Waals surface area contributed by atoms with E-state index in [1.54, 1.807) is 4.90 Å². The van der Waals surface area contributed by atoms with Crippen LogP contribution in [0, 0.1) is 5.92 Å². The molecule has 7 nitrogen and oxygen atoms in total. The Hall–Kier alpha value is -0.700. The lowest BCUT2D eigenvalue weighted by Gasteiger charge is -2.35. The highest BCUT2D eigenvalue weighted by atomic mass is 32.2. The first-order chi connectivity index (χ1) is 8.48. The first-order valence-electron chi connectivity index (χ1n) is 6.13.